The van der Waals surface area contributed by atoms with Gasteiger partial charge in [0, 0.05) is 38.4 Å². The lowest BCUT2D eigenvalue weighted by Gasteiger charge is -2.32. The van der Waals surface area contributed by atoms with Crippen LogP contribution in [-0.2, 0) is 10.8 Å². The molecule has 0 saturated heterocycles. The van der Waals surface area contributed by atoms with Crippen molar-refractivity contribution in [2.75, 3.05) is 4.90 Å². The number of fused-ring (bicyclic) bond motifs is 8. The van der Waals surface area contributed by atoms with Gasteiger partial charge in [-0.25, -0.2) is 0 Å². The first kappa shape index (κ1) is 31.6. The molecular formula is C51H41NO. The molecule has 0 spiro atoms. The zero-order valence-corrected chi connectivity index (χ0v) is 30.9. The van der Waals surface area contributed by atoms with E-state index in [4.69, 9.17) is 4.42 Å². The van der Waals surface area contributed by atoms with Crippen molar-refractivity contribution in [2.45, 2.75) is 45.4 Å². The molecule has 0 radical (unpaired) electrons. The number of hydrogen-bond acceptors (Lipinski definition) is 2. The van der Waals surface area contributed by atoms with E-state index in [1.165, 1.54) is 49.4 Å². The van der Waals surface area contributed by atoms with Gasteiger partial charge in [-0.1, -0.05) is 162 Å². The molecule has 0 saturated carbocycles. The van der Waals surface area contributed by atoms with Gasteiger partial charge < -0.3 is 9.32 Å². The number of nitrogens with zero attached hydrogens (tertiary/aromatic N) is 1. The van der Waals surface area contributed by atoms with Gasteiger partial charge in [0.1, 0.15) is 11.2 Å². The number of furan rings is 1. The van der Waals surface area contributed by atoms with E-state index < -0.39 is 0 Å². The first-order valence-electron chi connectivity index (χ1n) is 18.7. The number of anilines is 3. The van der Waals surface area contributed by atoms with Crippen LogP contribution < -0.4 is 4.90 Å². The van der Waals surface area contributed by atoms with Gasteiger partial charge >= 0.3 is 0 Å². The van der Waals surface area contributed by atoms with Crippen LogP contribution in [0.3, 0.4) is 0 Å². The molecule has 0 amide bonds. The summed E-state index contributed by atoms with van der Waals surface area (Å²) in [6, 6.07) is 58.0. The van der Waals surface area contributed by atoms with Crippen LogP contribution in [0.1, 0.15) is 51.3 Å². The van der Waals surface area contributed by atoms with Gasteiger partial charge in [0.15, 0.2) is 0 Å². The predicted octanol–water partition coefficient (Wildman–Crippen LogP) is 14.6. The number of benzene rings is 8. The molecule has 1 aliphatic rings. The second-order valence-electron chi connectivity index (χ2n) is 16.1. The van der Waals surface area contributed by atoms with Gasteiger partial charge in [-0.15, -0.1) is 0 Å². The Hall–Kier alpha value is -6.12. The minimum atomic E-state index is -0.0820. The lowest BCUT2D eigenvalue weighted by atomic mass is 9.82. The van der Waals surface area contributed by atoms with Crippen molar-refractivity contribution >= 4 is 60.5 Å². The van der Waals surface area contributed by atoms with Gasteiger partial charge in [-0.05, 0) is 79.7 Å². The normalized spacial score (nSPS) is 13.5. The van der Waals surface area contributed by atoms with Crippen molar-refractivity contribution in [1.82, 2.24) is 0 Å². The maximum absolute atomic E-state index is 6.76. The molecule has 9 aromatic rings. The quantitative estimate of drug-likeness (QED) is 0.184. The van der Waals surface area contributed by atoms with Crippen molar-refractivity contribution < 1.29 is 4.42 Å². The summed E-state index contributed by atoms with van der Waals surface area (Å²) in [5.74, 6) is 0. The largest absolute Gasteiger partial charge is 0.455 e. The van der Waals surface area contributed by atoms with Crippen molar-refractivity contribution in [3.8, 4) is 22.3 Å². The number of para-hydroxylation sites is 2. The third-order valence-corrected chi connectivity index (χ3v) is 11.6. The number of hydrogen-bond donors (Lipinski definition) is 0. The predicted molar refractivity (Wildman–Crippen MR) is 225 cm³/mol. The highest BCUT2D eigenvalue weighted by Crippen LogP contribution is 2.53. The molecule has 10 rings (SSSR count). The summed E-state index contributed by atoms with van der Waals surface area (Å²) in [6.45, 7) is 11.6. The van der Waals surface area contributed by atoms with E-state index in [0.29, 0.717) is 0 Å². The highest BCUT2D eigenvalue weighted by Gasteiger charge is 2.36. The van der Waals surface area contributed by atoms with Crippen LogP contribution in [0, 0.1) is 0 Å². The maximum atomic E-state index is 6.76. The lowest BCUT2D eigenvalue weighted by Crippen LogP contribution is -2.16. The monoisotopic (exact) mass is 683 g/mol. The minimum Gasteiger partial charge on any atom is -0.455 e. The molecule has 0 aliphatic heterocycles. The molecule has 1 heterocycles. The fourth-order valence-corrected chi connectivity index (χ4v) is 9.06. The van der Waals surface area contributed by atoms with Crippen LogP contribution in [-0.4, -0.2) is 0 Å². The summed E-state index contributed by atoms with van der Waals surface area (Å²) in [6.07, 6.45) is 0. The van der Waals surface area contributed by atoms with E-state index in [9.17, 15) is 0 Å². The van der Waals surface area contributed by atoms with Crippen LogP contribution >= 0.6 is 0 Å². The Balaban J connectivity index is 1.33. The SMILES string of the molecule is CC(C)(C)c1ccc(N(c2ccc3c(c2)-c2ccccc2C3(C)C)c2ccc3ccccc3c2-c2cccc3c2oc2ccccc23)c2ccccc12. The van der Waals surface area contributed by atoms with Crippen LogP contribution in [0.25, 0.3) is 65.7 Å². The molecule has 256 valence electrons. The van der Waals surface area contributed by atoms with Gasteiger partial charge in [0.2, 0.25) is 0 Å². The van der Waals surface area contributed by atoms with Crippen LogP contribution in [0.15, 0.2) is 162 Å². The summed E-state index contributed by atoms with van der Waals surface area (Å²) in [4.78, 5) is 2.51. The Bertz CT molecular complexity index is 2920. The molecule has 0 bridgehead atoms. The molecule has 0 atom stereocenters. The van der Waals surface area contributed by atoms with E-state index in [0.717, 1.165) is 50.1 Å². The van der Waals surface area contributed by atoms with Gasteiger partial charge in [0.05, 0.1) is 11.4 Å². The minimum absolute atomic E-state index is 0.0170. The topological polar surface area (TPSA) is 16.4 Å². The molecule has 0 fully saturated rings. The second kappa shape index (κ2) is 11.4. The molecular weight excluding hydrogens is 643 g/mol. The third-order valence-electron chi connectivity index (χ3n) is 11.6. The Labute approximate surface area is 310 Å². The molecule has 1 aliphatic carbocycles. The van der Waals surface area contributed by atoms with Crippen molar-refractivity contribution in [3.63, 3.8) is 0 Å². The van der Waals surface area contributed by atoms with E-state index in [1.54, 1.807) is 0 Å². The highest BCUT2D eigenvalue weighted by atomic mass is 16.3. The molecule has 1 aromatic heterocycles. The summed E-state index contributed by atoms with van der Waals surface area (Å²) >= 11 is 0. The fourth-order valence-electron chi connectivity index (χ4n) is 9.06. The second-order valence-corrected chi connectivity index (χ2v) is 16.1. The van der Waals surface area contributed by atoms with Gasteiger partial charge in [-0.3, -0.25) is 0 Å². The van der Waals surface area contributed by atoms with E-state index in [-0.39, 0.29) is 10.8 Å². The average Bonchev–Trinajstić information content (AvgIpc) is 3.66. The van der Waals surface area contributed by atoms with Crippen LogP contribution in [0.2, 0.25) is 0 Å². The van der Waals surface area contributed by atoms with E-state index >= 15 is 0 Å². The molecule has 2 nitrogen and oxygen atoms in total. The smallest absolute Gasteiger partial charge is 0.143 e. The van der Waals surface area contributed by atoms with Crippen LogP contribution in [0.5, 0.6) is 0 Å². The third kappa shape index (κ3) is 4.71. The first-order chi connectivity index (χ1) is 25.7. The Morgan fingerprint density at radius 1 is 0.491 bits per heavy atom. The molecule has 2 heteroatoms. The summed E-state index contributed by atoms with van der Waals surface area (Å²) < 4.78 is 6.76. The Morgan fingerprint density at radius 3 is 1.96 bits per heavy atom. The average molecular weight is 684 g/mol. The molecule has 0 N–H and O–H groups in total. The van der Waals surface area contributed by atoms with Crippen molar-refractivity contribution in [2.24, 2.45) is 0 Å². The Morgan fingerprint density at radius 2 is 1.13 bits per heavy atom. The molecule has 53 heavy (non-hydrogen) atoms. The summed E-state index contributed by atoms with van der Waals surface area (Å²) in [5, 5.41) is 7.13. The van der Waals surface area contributed by atoms with Crippen molar-refractivity contribution in [1.29, 1.82) is 0 Å². The zero-order valence-electron chi connectivity index (χ0n) is 30.9. The first-order valence-corrected chi connectivity index (χ1v) is 18.7. The zero-order chi connectivity index (χ0) is 36.1. The van der Waals surface area contributed by atoms with E-state index in [2.05, 4.69) is 197 Å². The fraction of sp³-hybridized carbons (Fsp3) is 0.137. The summed E-state index contributed by atoms with van der Waals surface area (Å²) in [5.41, 5.74) is 14.0. The van der Waals surface area contributed by atoms with Crippen molar-refractivity contribution in [3.05, 3.63) is 174 Å². The number of rotatable bonds is 4. The standard InChI is InChI=1S/C51H41NO/c1-50(2,3)42-28-30-45(37-19-9-8-17-35(37)42)52(33-26-27-44-41(31-33)36-18-10-12-23-43(36)51(44,4)5)46-29-25-32-15-6-7-16-34(32)48(46)40-22-14-21-39-38-20-11-13-24-47(38)53-49(39)40/h6-31H,1-5H3. The van der Waals surface area contributed by atoms with Gasteiger partial charge in [-0.2, -0.15) is 0 Å². The summed E-state index contributed by atoms with van der Waals surface area (Å²) in [7, 11) is 0. The lowest BCUT2D eigenvalue weighted by molar-refractivity contribution is 0.596. The molecule has 0 unspecified atom stereocenters. The highest BCUT2D eigenvalue weighted by molar-refractivity contribution is 6.16. The van der Waals surface area contributed by atoms with Gasteiger partial charge in [0.25, 0.3) is 0 Å². The maximum Gasteiger partial charge on any atom is 0.143 e. The Kier molecular flexibility index (Phi) is 6.82. The molecule has 8 aromatic carbocycles. The van der Waals surface area contributed by atoms with E-state index in [1.807, 2.05) is 0 Å². The van der Waals surface area contributed by atoms with Crippen LogP contribution in [0.4, 0.5) is 17.1 Å².